The molecular formula is C104H79F2N33O4. The number of halogens is 2. The lowest BCUT2D eigenvalue weighted by atomic mass is 10.1. The molecule has 21 heterocycles. The van der Waals surface area contributed by atoms with Gasteiger partial charge in [0.1, 0.15) is 39.9 Å². The number of amides is 4. The number of nitrogens with one attached hydrogen (secondary N) is 12. The Hall–Kier alpha value is -19.9. The van der Waals surface area contributed by atoms with Crippen molar-refractivity contribution in [3.05, 3.63) is 287 Å². The number of carbonyl (C=O) groups is 4. The Bertz CT molecular complexity index is 8960. The summed E-state index contributed by atoms with van der Waals surface area (Å²) in [5.74, 6) is 1.32. The molecule has 0 aliphatic carbocycles. The molecule has 0 fully saturated rings. The van der Waals surface area contributed by atoms with Gasteiger partial charge < -0.3 is 41.2 Å². The van der Waals surface area contributed by atoms with E-state index in [2.05, 4.69) is 147 Å². The predicted molar refractivity (Wildman–Crippen MR) is 540 cm³/mol. The van der Waals surface area contributed by atoms with E-state index in [0.717, 1.165) is 138 Å². The van der Waals surface area contributed by atoms with Crippen molar-refractivity contribution in [1.29, 1.82) is 0 Å². The van der Waals surface area contributed by atoms with E-state index in [-0.39, 0.29) is 41.2 Å². The van der Waals surface area contributed by atoms with Crippen molar-refractivity contribution in [3.8, 4) is 135 Å². The fraction of sp³-hybridized carbons (Fsp3) is 0.0865. The fourth-order valence-corrected chi connectivity index (χ4v) is 16.2. The summed E-state index contributed by atoms with van der Waals surface area (Å²) in [5.41, 5.74) is 26.6. The number of aromatic amines is 8. The minimum Gasteiger partial charge on any atom is -0.337 e. The molecule has 0 bridgehead atoms. The van der Waals surface area contributed by atoms with E-state index in [9.17, 15) is 28.0 Å². The van der Waals surface area contributed by atoms with E-state index in [1.807, 2.05) is 111 Å². The summed E-state index contributed by atoms with van der Waals surface area (Å²) < 4.78 is 27.9. The number of hydrogen-bond donors (Lipinski definition) is 12. The van der Waals surface area contributed by atoms with E-state index >= 15 is 0 Å². The van der Waals surface area contributed by atoms with Crippen LogP contribution < -0.4 is 21.3 Å². The monoisotopic (exact) mass is 1890 g/mol. The van der Waals surface area contributed by atoms with Crippen molar-refractivity contribution in [3.63, 3.8) is 0 Å². The van der Waals surface area contributed by atoms with E-state index in [1.54, 1.807) is 181 Å². The Balaban J connectivity index is 0.000000113. The van der Waals surface area contributed by atoms with E-state index < -0.39 is 0 Å². The van der Waals surface area contributed by atoms with Crippen LogP contribution in [0.15, 0.2) is 276 Å². The number of carbonyl (C=O) groups excluding carboxylic acids is 4. The Morgan fingerprint density at radius 3 is 1.03 bits per heavy atom. The number of anilines is 4. The zero-order valence-electron chi connectivity index (χ0n) is 76.5. The van der Waals surface area contributed by atoms with Gasteiger partial charge in [-0.15, -0.1) is 0 Å². The first kappa shape index (κ1) is 89.6. The Labute approximate surface area is 807 Å². The quantitative estimate of drug-likeness (QED) is 0.0337. The Morgan fingerprint density at radius 1 is 0.294 bits per heavy atom. The lowest BCUT2D eigenvalue weighted by Gasteiger charge is -2.09. The van der Waals surface area contributed by atoms with Gasteiger partial charge in [-0.3, -0.25) is 84.4 Å². The average Bonchev–Trinajstić information content (AvgIpc) is 1.63. The molecular weight excluding hydrogens is 1810 g/mol. The number of nitrogens with zero attached hydrogens (tertiary/aromatic N) is 21. The molecule has 12 N–H and O–H groups in total. The van der Waals surface area contributed by atoms with Gasteiger partial charge in [-0.25, -0.2) is 48.7 Å². The van der Waals surface area contributed by atoms with Crippen molar-refractivity contribution in [2.45, 2.75) is 53.9 Å². The highest BCUT2D eigenvalue weighted by atomic mass is 19.1. The molecule has 0 unspecified atom stereocenters. The lowest BCUT2D eigenvalue weighted by Crippen LogP contribution is -2.17. The number of imidazole rings is 4. The number of hydrogen-bond acceptors (Lipinski definition) is 25. The summed E-state index contributed by atoms with van der Waals surface area (Å²) in [6, 6.07) is 41.9. The summed E-state index contributed by atoms with van der Waals surface area (Å²) in [6.07, 6.45) is 38.7. The highest BCUT2D eigenvalue weighted by Crippen LogP contribution is 2.40. The first-order chi connectivity index (χ1) is 69.9. The van der Waals surface area contributed by atoms with Gasteiger partial charge in [-0.05, 0) is 102 Å². The van der Waals surface area contributed by atoms with Crippen molar-refractivity contribution < 1.29 is 28.0 Å². The predicted octanol–water partition coefficient (Wildman–Crippen LogP) is 19.8. The molecule has 0 atom stereocenters. The normalized spacial score (nSPS) is 11.3. The highest BCUT2D eigenvalue weighted by Gasteiger charge is 2.25. The van der Waals surface area contributed by atoms with Gasteiger partial charge in [0.15, 0.2) is 45.9 Å². The number of benzene rings is 3. The molecule has 0 saturated carbocycles. The van der Waals surface area contributed by atoms with Gasteiger partial charge in [-0.1, -0.05) is 83.1 Å². The van der Waals surface area contributed by atoms with Crippen LogP contribution in [0.5, 0.6) is 0 Å². The largest absolute Gasteiger partial charge is 0.337 e. The molecule has 143 heavy (non-hydrogen) atoms. The summed E-state index contributed by atoms with van der Waals surface area (Å²) in [5, 5.41) is 44.1. The maximum absolute atomic E-state index is 14.5. The average molecular weight is 1890 g/mol. The molecule has 37 nitrogen and oxygen atoms in total. The van der Waals surface area contributed by atoms with Gasteiger partial charge >= 0.3 is 0 Å². The van der Waals surface area contributed by atoms with Crippen LogP contribution in [0, 0.1) is 17.6 Å². The maximum atomic E-state index is 14.5. The SMILES string of the molecule is CC(C)C(=O)Nc1cncc(-c2cnc3n[nH]c(-c4nc5c(-c6cccnc6)cccc5[nH]4)c3c2)c1.CCC(=O)Nc1cncc(-c2cnc3n[nH]c(-c4nc5c(-c6ccc(F)cc6)cncc5[nH]4)c3c2)c1.CCC(=O)Nc1cncc(-c2cnc3n[nH]c(-c4nc5c(-c6ccccc6F)cncc5[nH]4)c3c2)c1.CCC(=O)Nc1cncc(-c2cnc3n[nH]c(-c4nc5c(-c6ccncc6)cncc5[nH]4)c3c2)c1. The van der Waals surface area contributed by atoms with Crippen LogP contribution in [0.1, 0.15) is 53.9 Å². The van der Waals surface area contributed by atoms with E-state index in [4.69, 9.17) is 19.9 Å². The van der Waals surface area contributed by atoms with Crippen LogP contribution in [0.25, 0.3) is 223 Å². The molecule has 0 spiro atoms. The number of rotatable bonds is 20. The molecule has 3 aromatic carbocycles. The number of para-hydroxylation sites is 1. The van der Waals surface area contributed by atoms with Crippen LogP contribution in [-0.4, -0.2) is 169 Å². The van der Waals surface area contributed by atoms with Crippen molar-refractivity contribution >= 4 is 135 Å². The number of aromatic nitrogens is 29. The van der Waals surface area contributed by atoms with E-state index in [0.29, 0.717) is 127 Å². The van der Waals surface area contributed by atoms with Gasteiger partial charge in [0.05, 0.1) is 126 Å². The van der Waals surface area contributed by atoms with Crippen LogP contribution in [0.4, 0.5) is 31.5 Å². The van der Waals surface area contributed by atoms with Crippen LogP contribution in [-0.2, 0) is 19.2 Å². The maximum Gasteiger partial charge on any atom is 0.226 e. The molecule has 0 aliphatic heterocycles. The third kappa shape index (κ3) is 18.7. The zero-order valence-corrected chi connectivity index (χ0v) is 76.5. The summed E-state index contributed by atoms with van der Waals surface area (Å²) in [6.45, 7) is 9.09. The second-order valence-corrected chi connectivity index (χ2v) is 33.2. The molecule has 24 rings (SSSR count). The lowest BCUT2D eigenvalue weighted by molar-refractivity contribution is -0.119. The van der Waals surface area contributed by atoms with Crippen molar-refractivity contribution in [2.75, 3.05) is 21.3 Å². The number of H-pyrrole nitrogens is 8. The molecule has 39 heteroatoms. The Kier molecular flexibility index (Phi) is 24.5. The van der Waals surface area contributed by atoms with Gasteiger partial charge in [0.25, 0.3) is 0 Å². The molecule has 0 saturated heterocycles. The summed E-state index contributed by atoms with van der Waals surface area (Å²) in [4.78, 5) is 136. The second kappa shape index (κ2) is 39.1. The van der Waals surface area contributed by atoms with Crippen LogP contribution in [0.2, 0.25) is 0 Å². The molecule has 698 valence electrons. The fourth-order valence-electron chi connectivity index (χ4n) is 16.2. The molecule has 0 radical (unpaired) electrons. The van der Waals surface area contributed by atoms with Crippen molar-refractivity contribution in [2.24, 2.45) is 5.92 Å². The minimum absolute atomic E-state index is 0.0600. The molecule has 21 aromatic heterocycles. The Morgan fingerprint density at radius 2 is 0.643 bits per heavy atom. The van der Waals surface area contributed by atoms with Gasteiger partial charge in [0.2, 0.25) is 23.6 Å². The molecule has 4 amide bonds. The van der Waals surface area contributed by atoms with Crippen LogP contribution >= 0.6 is 0 Å². The second-order valence-electron chi connectivity index (χ2n) is 33.2. The molecule has 24 aromatic rings. The smallest absolute Gasteiger partial charge is 0.226 e. The first-order valence-electron chi connectivity index (χ1n) is 45.2. The molecule has 0 aliphatic rings. The van der Waals surface area contributed by atoms with E-state index in [1.165, 1.54) is 18.2 Å². The van der Waals surface area contributed by atoms with Crippen LogP contribution in [0.3, 0.4) is 0 Å². The summed E-state index contributed by atoms with van der Waals surface area (Å²) in [7, 11) is 0. The zero-order chi connectivity index (χ0) is 97.7. The van der Waals surface area contributed by atoms with Crippen molar-refractivity contribution in [1.82, 2.24) is 145 Å². The minimum atomic E-state index is -0.344. The summed E-state index contributed by atoms with van der Waals surface area (Å²) >= 11 is 0. The van der Waals surface area contributed by atoms with Gasteiger partial charge in [-0.2, -0.15) is 20.4 Å². The van der Waals surface area contributed by atoms with Gasteiger partial charge in [0, 0.05) is 196 Å². The third-order valence-corrected chi connectivity index (χ3v) is 23.5. The topological polar surface area (TPSA) is 513 Å². The highest BCUT2D eigenvalue weighted by molar-refractivity contribution is 6.04. The standard InChI is InChI=1S/C27H22N8O.2C26H19FN8O.C25H19N9O/c1-15(2)27(36)31-19-9-17(12-29-14-19)18-10-21-24(34-35-25(21)30-13-18)26-32-22-7-3-6-20(23(22)33-26)16-5-4-8-28-11-16;1-2-22(36)31-18-7-15(9-28-11-18)16-8-19-24(34-35-25(19)30-10-16)26-32-21-13-29-12-20(23(21)33-26)14-3-5-17(27)6-4-14;1-2-22(36)31-16-7-14(9-28-11-16)15-8-18-24(34-35-25(18)30-10-15)26-32-21-13-29-12-19(23(21)33-26)17-5-3-4-6-20(17)27;1-2-21(35)30-17-7-15(9-27-11-17)16-8-18-23(33-34-24(18)29-10-16)25-31-20-13-28-12-19(22(20)32-25)14-3-5-26-6-4-14/h3-15H,1-2H3,(H,31,36)(H,32,33)(H,30,34,35);2*3-13H,2H2,1H3,(H,31,36)(H,32,33)(H,30,34,35);3-13H,2H2,1H3,(H,30,35)(H,31,32)(H,29,33,34). The number of fused-ring (bicyclic) bond motifs is 8. The first-order valence-corrected chi connectivity index (χ1v) is 45.2. The number of pyridine rings is 13. The third-order valence-electron chi connectivity index (χ3n) is 23.5.